The van der Waals surface area contributed by atoms with Gasteiger partial charge in [0, 0.05) is 6.92 Å². The highest BCUT2D eigenvalue weighted by atomic mass is 28.3. The fourth-order valence-corrected chi connectivity index (χ4v) is 3.14. The first-order chi connectivity index (χ1) is 4.98. The zero-order chi connectivity index (χ0) is 8.91. The number of carbonyl (C=O) groups is 1. The van der Waals surface area contributed by atoms with Gasteiger partial charge in [-0.3, -0.25) is 4.79 Å². The van der Waals surface area contributed by atoms with Crippen LogP contribution in [0.5, 0.6) is 0 Å². The molecule has 0 fully saturated rings. The molecule has 0 atom stereocenters. The second-order valence-corrected chi connectivity index (χ2v) is 8.81. The monoisotopic (exact) mass is 174 g/mol. The molecule has 0 unspecified atom stereocenters. The first-order valence-electron chi connectivity index (χ1n) is 4.11. The summed E-state index contributed by atoms with van der Waals surface area (Å²) in [7, 11) is -1.21. The van der Waals surface area contributed by atoms with Crippen LogP contribution in [0.15, 0.2) is 0 Å². The number of hydrogen-bond donors (Lipinski definition) is 0. The maximum atomic E-state index is 10.5. The molecule has 0 aliphatic carbocycles. The number of ether oxygens (including phenoxy) is 1. The van der Waals surface area contributed by atoms with Gasteiger partial charge in [-0.05, 0) is 0 Å². The zero-order valence-electron chi connectivity index (χ0n) is 7.94. The molecule has 0 rings (SSSR count). The van der Waals surface area contributed by atoms with Gasteiger partial charge in [-0.1, -0.05) is 32.5 Å². The Morgan fingerprint density at radius 2 is 2.00 bits per heavy atom. The average Bonchev–Trinajstić information content (AvgIpc) is 1.84. The SMILES string of the molecule is CCC[Si](C)(C)COC(C)=O. The number of esters is 1. The summed E-state index contributed by atoms with van der Waals surface area (Å²) >= 11 is 0. The fourth-order valence-electron chi connectivity index (χ4n) is 1.05. The first kappa shape index (κ1) is 10.7. The lowest BCUT2D eigenvalue weighted by Crippen LogP contribution is -2.33. The maximum absolute atomic E-state index is 10.5. The van der Waals surface area contributed by atoms with E-state index >= 15 is 0 Å². The van der Waals surface area contributed by atoms with E-state index in [0.29, 0.717) is 6.23 Å². The highest BCUT2D eigenvalue weighted by Gasteiger charge is 2.20. The summed E-state index contributed by atoms with van der Waals surface area (Å²) in [4.78, 5) is 10.5. The van der Waals surface area contributed by atoms with Crippen LogP contribution in [0.1, 0.15) is 20.3 Å². The molecule has 0 amide bonds. The third kappa shape index (κ3) is 6.10. The normalized spacial score (nSPS) is 11.3. The minimum Gasteiger partial charge on any atom is -0.470 e. The lowest BCUT2D eigenvalue weighted by atomic mass is 10.6. The van der Waals surface area contributed by atoms with E-state index in [0.717, 1.165) is 0 Å². The predicted molar refractivity (Wildman–Crippen MR) is 49.2 cm³/mol. The van der Waals surface area contributed by atoms with Crippen LogP contribution in [-0.4, -0.2) is 20.3 Å². The Balaban J connectivity index is 3.63. The van der Waals surface area contributed by atoms with Crippen molar-refractivity contribution in [3.05, 3.63) is 0 Å². The van der Waals surface area contributed by atoms with Crippen molar-refractivity contribution in [2.45, 2.75) is 39.4 Å². The molecule has 0 aromatic carbocycles. The Hall–Kier alpha value is -0.313. The van der Waals surface area contributed by atoms with Crippen molar-refractivity contribution < 1.29 is 9.53 Å². The third-order valence-electron chi connectivity index (χ3n) is 1.59. The Bertz CT molecular complexity index is 132. The molecule has 2 nitrogen and oxygen atoms in total. The summed E-state index contributed by atoms with van der Waals surface area (Å²) in [5.74, 6) is -0.151. The van der Waals surface area contributed by atoms with Crippen LogP contribution in [0.2, 0.25) is 19.1 Å². The second-order valence-electron chi connectivity index (χ2n) is 3.69. The summed E-state index contributed by atoms with van der Waals surface area (Å²) < 4.78 is 4.98. The van der Waals surface area contributed by atoms with E-state index in [4.69, 9.17) is 4.74 Å². The summed E-state index contributed by atoms with van der Waals surface area (Å²) in [5, 5.41) is 0. The van der Waals surface area contributed by atoms with E-state index in [1.54, 1.807) is 0 Å². The number of carbonyl (C=O) groups excluding carboxylic acids is 1. The lowest BCUT2D eigenvalue weighted by molar-refractivity contribution is -0.139. The first-order valence-corrected chi connectivity index (χ1v) is 7.53. The molecule has 0 aliphatic rings. The fraction of sp³-hybridized carbons (Fsp3) is 0.875. The standard InChI is InChI=1S/C8H18O2Si/c1-5-6-11(3,4)7-10-8(2)9/h5-7H2,1-4H3. The molecule has 3 heteroatoms. The highest BCUT2D eigenvalue weighted by Crippen LogP contribution is 2.11. The summed E-state index contributed by atoms with van der Waals surface area (Å²) in [6.45, 7) is 8.14. The van der Waals surface area contributed by atoms with Gasteiger partial charge in [0.2, 0.25) is 0 Å². The Kier molecular flexibility index (Phi) is 4.41. The van der Waals surface area contributed by atoms with Crippen LogP contribution in [0, 0.1) is 0 Å². The quantitative estimate of drug-likeness (QED) is 0.482. The minimum atomic E-state index is -1.21. The van der Waals surface area contributed by atoms with Crippen LogP contribution in [0.4, 0.5) is 0 Å². The molecule has 0 N–H and O–H groups in total. The van der Waals surface area contributed by atoms with Crippen molar-refractivity contribution in [1.29, 1.82) is 0 Å². The van der Waals surface area contributed by atoms with Crippen LogP contribution in [0.25, 0.3) is 0 Å². The van der Waals surface area contributed by atoms with E-state index in [1.165, 1.54) is 19.4 Å². The van der Waals surface area contributed by atoms with E-state index in [-0.39, 0.29) is 5.97 Å². The van der Waals surface area contributed by atoms with E-state index < -0.39 is 8.07 Å². The van der Waals surface area contributed by atoms with Crippen molar-refractivity contribution in [2.75, 3.05) is 6.23 Å². The highest BCUT2D eigenvalue weighted by molar-refractivity contribution is 6.77. The third-order valence-corrected chi connectivity index (χ3v) is 4.37. The van der Waals surface area contributed by atoms with Crippen molar-refractivity contribution in [1.82, 2.24) is 0 Å². The molecule has 0 spiro atoms. The second kappa shape index (κ2) is 4.54. The topological polar surface area (TPSA) is 26.3 Å². The number of hydrogen-bond acceptors (Lipinski definition) is 2. The van der Waals surface area contributed by atoms with Gasteiger partial charge < -0.3 is 4.74 Å². The summed E-state index contributed by atoms with van der Waals surface area (Å²) in [6.07, 6.45) is 1.87. The van der Waals surface area contributed by atoms with E-state index in [1.807, 2.05) is 0 Å². The molecule has 0 saturated heterocycles. The van der Waals surface area contributed by atoms with Crippen LogP contribution in [-0.2, 0) is 9.53 Å². The molecular weight excluding hydrogens is 156 g/mol. The van der Waals surface area contributed by atoms with Gasteiger partial charge >= 0.3 is 5.97 Å². The van der Waals surface area contributed by atoms with Crippen molar-refractivity contribution in [3.8, 4) is 0 Å². The van der Waals surface area contributed by atoms with Gasteiger partial charge in [0.15, 0.2) is 0 Å². The summed E-state index contributed by atoms with van der Waals surface area (Å²) in [6, 6.07) is 1.24. The smallest absolute Gasteiger partial charge is 0.302 e. The van der Waals surface area contributed by atoms with E-state index in [2.05, 4.69) is 20.0 Å². The maximum Gasteiger partial charge on any atom is 0.302 e. The lowest BCUT2D eigenvalue weighted by Gasteiger charge is -2.20. The van der Waals surface area contributed by atoms with Crippen molar-refractivity contribution in [3.63, 3.8) is 0 Å². The van der Waals surface area contributed by atoms with Gasteiger partial charge in [-0.15, -0.1) is 0 Å². The summed E-state index contributed by atoms with van der Waals surface area (Å²) in [5.41, 5.74) is 0. The Morgan fingerprint density at radius 1 is 1.45 bits per heavy atom. The predicted octanol–water partition coefficient (Wildman–Crippen LogP) is 2.21. The molecule has 0 aromatic heterocycles. The molecule has 0 radical (unpaired) electrons. The zero-order valence-corrected chi connectivity index (χ0v) is 8.94. The van der Waals surface area contributed by atoms with Crippen LogP contribution < -0.4 is 0 Å². The molecule has 0 heterocycles. The van der Waals surface area contributed by atoms with Gasteiger partial charge in [-0.25, -0.2) is 0 Å². The van der Waals surface area contributed by atoms with Crippen molar-refractivity contribution >= 4 is 14.0 Å². The van der Waals surface area contributed by atoms with Gasteiger partial charge in [-0.2, -0.15) is 0 Å². The van der Waals surface area contributed by atoms with Gasteiger partial charge in [0.05, 0.1) is 14.3 Å². The Morgan fingerprint density at radius 3 is 2.36 bits per heavy atom. The molecule has 11 heavy (non-hydrogen) atoms. The molecule has 0 bridgehead atoms. The van der Waals surface area contributed by atoms with Crippen LogP contribution >= 0.6 is 0 Å². The molecule has 0 aromatic rings. The van der Waals surface area contributed by atoms with Gasteiger partial charge in [0.25, 0.3) is 0 Å². The van der Waals surface area contributed by atoms with E-state index in [9.17, 15) is 4.79 Å². The largest absolute Gasteiger partial charge is 0.470 e. The number of rotatable bonds is 4. The van der Waals surface area contributed by atoms with Crippen LogP contribution in [0.3, 0.4) is 0 Å². The van der Waals surface area contributed by atoms with Gasteiger partial charge in [0.1, 0.15) is 0 Å². The Labute approximate surface area is 69.9 Å². The molecular formula is C8H18O2Si. The molecule has 0 aliphatic heterocycles. The van der Waals surface area contributed by atoms with Crippen molar-refractivity contribution in [2.24, 2.45) is 0 Å². The molecule has 66 valence electrons. The average molecular weight is 174 g/mol. The minimum absolute atomic E-state index is 0.151. The molecule has 0 saturated carbocycles.